The third kappa shape index (κ3) is 4.21. The fraction of sp³-hybridized carbons (Fsp3) is 0.167. The Balaban J connectivity index is 2.15. The summed E-state index contributed by atoms with van der Waals surface area (Å²) in [5, 5.41) is 1.53. The first-order valence-corrected chi connectivity index (χ1v) is 10.2. The molecule has 134 valence electrons. The Bertz CT molecular complexity index is 1020. The van der Waals surface area contributed by atoms with E-state index in [0.717, 1.165) is 3.57 Å². The zero-order valence-corrected chi connectivity index (χ0v) is 17.5. The van der Waals surface area contributed by atoms with Crippen LogP contribution in [-0.2, 0) is 9.53 Å². The van der Waals surface area contributed by atoms with Crippen molar-refractivity contribution in [1.82, 2.24) is 9.55 Å². The van der Waals surface area contributed by atoms with Crippen LogP contribution in [0.15, 0.2) is 52.4 Å². The van der Waals surface area contributed by atoms with Crippen molar-refractivity contribution in [3.8, 4) is 5.69 Å². The molecule has 0 saturated heterocycles. The van der Waals surface area contributed by atoms with Crippen molar-refractivity contribution < 1.29 is 9.53 Å². The third-order valence-corrected chi connectivity index (χ3v) is 5.34. The maximum atomic E-state index is 13.1. The Kier molecular flexibility index (Phi) is 6.20. The highest BCUT2D eigenvalue weighted by Gasteiger charge is 2.15. The van der Waals surface area contributed by atoms with Crippen LogP contribution in [0.3, 0.4) is 0 Å². The maximum Gasteiger partial charge on any atom is 0.316 e. The summed E-state index contributed by atoms with van der Waals surface area (Å²) >= 11 is 9.29. The van der Waals surface area contributed by atoms with Gasteiger partial charge < -0.3 is 4.74 Å². The fourth-order valence-electron chi connectivity index (χ4n) is 2.38. The number of hydrogen-bond acceptors (Lipinski definition) is 5. The van der Waals surface area contributed by atoms with Gasteiger partial charge >= 0.3 is 5.97 Å². The van der Waals surface area contributed by atoms with Gasteiger partial charge in [-0.05, 0) is 72.0 Å². The first-order valence-electron chi connectivity index (χ1n) is 7.76. The molecule has 1 heterocycles. The van der Waals surface area contributed by atoms with E-state index in [9.17, 15) is 9.59 Å². The Morgan fingerprint density at radius 2 is 2.00 bits per heavy atom. The van der Waals surface area contributed by atoms with Gasteiger partial charge in [-0.25, -0.2) is 4.98 Å². The maximum absolute atomic E-state index is 13.1. The summed E-state index contributed by atoms with van der Waals surface area (Å²) < 4.78 is 7.41. The highest BCUT2D eigenvalue weighted by Crippen LogP contribution is 2.23. The molecular formula is C18H14ClIN2O3S. The van der Waals surface area contributed by atoms with Gasteiger partial charge in [0.1, 0.15) is 0 Å². The number of aromatic nitrogens is 2. The topological polar surface area (TPSA) is 61.2 Å². The Hall–Kier alpha value is -1.58. The van der Waals surface area contributed by atoms with Crippen molar-refractivity contribution in [1.29, 1.82) is 0 Å². The number of fused-ring (bicyclic) bond motifs is 1. The van der Waals surface area contributed by atoms with E-state index in [0.29, 0.717) is 33.4 Å². The smallest absolute Gasteiger partial charge is 0.316 e. The number of carbonyl (C=O) groups is 1. The number of carbonyl (C=O) groups excluding carboxylic acids is 1. The van der Waals surface area contributed by atoms with E-state index in [4.69, 9.17) is 16.3 Å². The number of ether oxygens (including phenoxy) is 1. The van der Waals surface area contributed by atoms with Crippen molar-refractivity contribution in [3.63, 3.8) is 0 Å². The van der Waals surface area contributed by atoms with Gasteiger partial charge in [-0.2, -0.15) is 0 Å². The number of benzene rings is 2. The number of nitrogens with zero attached hydrogens (tertiary/aromatic N) is 2. The van der Waals surface area contributed by atoms with E-state index in [1.807, 2.05) is 6.07 Å². The molecule has 0 fully saturated rings. The molecule has 3 aromatic rings. The first-order chi connectivity index (χ1) is 12.5. The van der Waals surface area contributed by atoms with Crippen LogP contribution in [0.4, 0.5) is 0 Å². The lowest BCUT2D eigenvalue weighted by Gasteiger charge is -2.13. The van der Waals surface area contributed by atoms with Crippen molar-refractivity contribution in [3.05, 3.63) is 61.4 Å². The molecule has 5 nitrogen and oxygen atoms in total. The summed E-state index contributed by atoms with van der Waals surface area (Å²) in [6, 6.07) is 12.4. The van der Waals surface area contributed by atoms with Crippen molar-refractivity contribution in [2.45, 2.75) is 12.1 Å². The average molecular weight is 501 g/mol. The molecule has 2 aromatic carbocycles. The lowest BCUT2D eigenvalue weighted by Crippen LogP contribution is -2.22. The van der Waals surface area contributed by atoms with Gasteiger partial charge in [-0.1, -0.05) is 23.4 Å². The number of esters is 1. The van der Waals surface area contributed by atoms with E-state index < -0.39 is 0 Å². The lowest BCUT2D eigenvalue weighted by molar-refractivity contribution is -0.139. The van der Waals surface area contributed by atoms with Crippen LogP contribution in [0.1, 0.15) is 6.92 Å². The first kappa shape index (κ1) is 19.2. The van der Waals surface area contributed by atoms with Crippen molar-refractivity contribution in [2.24, 2.45) is 0 Å². The van der Waals surface area contributed by atoms with Crippen LogP contribution in [0.5, 0.6) is 0 Å². The normalized spacial score (nSPS) is 10.9. The fourth-order valence-corrected chi connectivity index (χ4v) is 3.81. The van der Waals surface area contributed by atoms with E-state index >= 15 is 0 Å². The quantitative estimate of drug-likeness (QED) is 0.226. The van der Waals surface area contributed by atoms with Gasteiger partial charge in [0.25, 0.3) is 5.56 Å². The molecule has 0 atom stereocenters. The van der Waals surface area contributed by atoms with Gasteiger partial charge in [0.15, 0.2) is 5.16 Å². The van der Waals surface area contributed by atoms with Crippen LogP contribution in [0.2, 0.25) is 5.02 Å². The van der Waals surface area contributed by atoms with Crippen LogP contribution < -0.4 is 5.56 Å². The highest BCUT2D eigenvalue weighted by molar-refractivity contribution is 14.1. The van der Waals surface area contributed by atoms with E-state index in [1.54, 1.807) is 43.3 Å². The van der Waals surface area contributed by atoms with Gasteiger partial charge in [0, 0.05) is 8.59 Å². The van der Waals surface area contributed by atoms with Gasteiger partial charge in [0.05, 0.1) is 29.0 Å². The molecule has 8 heteroatoms. The summed E-state index contributed by atoms with van der Waals surface area (Å²) in [7, 11) is 0. The van der Waals surface area contributed by atoms with E-state index in [2.05, 4.69) is 27.6 Å². The predicted octanol–water partition coefficient (Wildman–Crippen LogP) is 4.30. The summed E-state index contributed by atoms with van der Waals surface area (Å²) in [4.78, 5) is 29.4. The monoisotopic (exact) mass is 500 g/mol. The Morgan fingerprint density at radius 1 is 1.27 bits per heavy atom. The third-order valence-electron chi connectivity index (χ3n) is 3.51. The van der Waals surface area contributed by atoms with Crippen LogP contribution in [-0.4, -0.2) is 27.9 Å². The molecule has 1 aromatic heterocycles. The molecule has 3 rings (SSSR count). The molecule has 0 aliphatic heterocycles. The molecule has 0 aliphatic carbocycles. The summed E-state index contributed by atoms with van der Waals surface area (Å²) in [5.74, 6) is -0.277. The molecule has 0 spiro atoms. The summed E-state index contributed by atoms with van der Waals surface area (Å²) in [5.41, 5.74) is 1.04. The molecule has 0 unspecified atom stereocenters. The SMILES string of the molecule is CCOC(=O)CSc1nc2ccc(I)cc2c(=O)n1-c1ccc(Cl)cc1. The van der Waals surface area contributed by atoms with Crippen molar-refractivity contribution in [2.75, 3.05) is 12.4 Å². The zero-order chi connectivity index (χ0) is 18.7. The van der Waals surface area contributed by atoms with E-state index in [1.165, 1.54) is 16.3 Å². The average Bonchev–Trinajstić information content (AvgIpc) is 2.62. The number of hydrogen-bond donors (Lipinski definition) is 0. The molecule has 0 radical (unpaired) electrons. The second-order valence-corrected chi connectivity index (χ2v) is 7.89. The molecule has 26 heavy (non-hydrogen) atoms. The van der Waals surface area contributed by atoms with Gasteiger partial charge in [-0.15, -0.1) is 0 Å². The summed E-state index contributed by atoms with van der Waals surface area (Å²) in [6.45, 7) is 2.06. The minimum absolute atomic E-state index is 0.0732. The van der Waals surface area contributed by atoms with Crippen LogP contribution >= 0.6 is 46.0 Å². The largest absolute Gasteiger partial charge is 0.465 e. The molecular weight excluding hydrogens is 487 g/mol. The second-order valence-electron chi connectivity index (χ2n) is 5.27. The highest BCUT2D eigenvalue weighted by atomic mass is 127. The molecule has 0 N–H and O–H groups in total. The van der Waals surface area contributed by atoms with E-state index in [-0.39, 0.29) is 17.3 Å². The Labute approximate surface area is 172 Å². The van der Waals surface area contributed by atoms with Crippen LogP contribution in [0, 0.1) is 3.57 Å². The van der Waals surface area contributed by atoms with Gasteiger partial charge in [0.2, 0.25) is 0 Å². The van der Waals surface area contributed by atoms with Gasteiger partial charge in [-0.3, -0.25) is 14.2 Å². The zero-order valence-electron chi connectivity index (χ0n) is 13.7. The molecule has 0 aliphatic rings. The second kappa shape index (κ2) is 8.41. The van der Waals surface area contributed by atoms with Crippen molar-refractivity contribution >= 4 is 62.8 Å². The number of thioether (sulfide) groups is 1. The standard InChI is InChI=1S/C18H14ClIN2O3S/c1-2-25-16(23)10-26-18-21-15-8-5-12(20)9-14(15)17(24)22(18)13-6-3-11(19)4-7-13/h3-9H,2,10H2,1H3. The molecule has 0 amide bonds. The summed E-state index contributed by atoms with van der Waals surface area (Å²) in [6.07, 6.45) is 0. The molecule has 0 saturated carbocycles. The minimum Gasteiger partial charge on any atom is -0.465 e. The Morgan fingerprint density at radius 3 is 2.69 bits per heavy atom. The predicted molar refractivity (Wildman–Crippen MR) is 112 cm³/mol. The molecule has 0 bridgehead atoms. The van der Waals surface area contributed by atoms with Crippen LogP contribution in [0.25, 0.3) is 16.6 Å². The number of halogens is 2. The lowest BCUT2D eigenvalue weighted by atomic mass is 10.2. The minimum atomic E-state index is -0.350. The number of rotatable bonds is 5.